The summed E-state index contributed by atoms with van der Waals surface area (Å²) in [5.41, 5.74) is 1.85. The number of nitrogens with one attached hydrogen (secondary N) is 1. The van der Waals surface area contributed by atoms with Crippen LogP contribution >= 0.6 is 0 Å². The Morgan fingerprint density at radius 2 is 1.76 bits per heavy atom. The molecule has 0 saturated heterocycles. The van der Waals surface area contributed by atoms with Crippen molar-refractivity contribution in [1.82, 2.24) is 0 Å². The first kappa shape index (κ1) is 15.1. The van der Waals surface area contributed by atoms with Crippen LogP contribution in [-0.4, -0.2) is 13.0 Å². The van der Waals surface area contributed by atoms with E-state index < -0.39 is 0 Å². The highest BCUT2D eigenvalue weighted by molar-refractivity contribution is 5.95. The maximum absolute atomic E-state index is 12.5. The third kappa shape index (κ3) is 4.09. The van der Waals surface area contributed by atoms with Gasteiger partial charge in [-0.25, -0.2) is 0 Å². The van der Waals surface area contributed by atoms with Crippen LogP contribution in [0.3, 0.4) is 0 Å². The number of benzene rings is 2. The number of rotatable bonds is 6. The molecule has 0 bridgehead atoms. The monoisotopic (exact) mass is 283 g/mol. The van der Waals surface area contributed by atoms with E-state index in [2.05, 4.69) is 12.2 Å². The van der Waals surface area contributed by atoms with Crippen molar-refractivity contribution in [2.24, 2.45) is 0 Å². The predicted molar refractivity (Wildman–Crippen MR) is 85.7 cm³/mol. The lowest BCUT2D eigenvalue weighted by atomic mass is 9.93. The summed E-state index contributed by atoms with van der Waals surface area (Å²) < 4.78 is 5.16. The number of carbonyl (C=O) groups excluding carboxylic acids is 1. The topological polar surface area (TPSA) is 38.3 Å². The number of ether oxygens (including phenoxy) is 1. The smallest absolute Gasteiger partial charge is 0.231 e. The van der Waals surface area contributed by atoms with Crippen molar-refractivity contribution in [2.45, 2.75) is 25.7 Å². The third-order valence-electron chi connectivity index (χ3n) is 3.45. The van der Waals surface area contributed by atoms with Crippen molar-refractivity contribution in [1.29, 1.82) is 0 Å². The quantitative estimate of drug-likeness (QED) is 0.862. The van der Waals surface area contributed by atoms with Crippen molar-refractivity contribution in [3.63, 3.8) is 0 Å². The fourth-order valence-electron chi connectivity index (χ4n) is 2.32. The van der Waals surface area contributed by atoms with E-state index >= 15 is 0 Å². The number of amides is 1. The van der Waals surface area contributed by atoms with Gasteiger partial charge in [-0.15, -0.1) is 0 Å². The average molecular weight is 283 g/mol. The standard InChI is InChI=1S/C18H21NO2/c1-3-7-17(14-10-12-16(21-2)13-11-14)18(20)19-15-8-5-4-6-9-15/h4-6,8-13,17H,3,7H2,1-2H3,(H,19,20). The predicted octanol–water partition coefficient (Wildman–Crippen LogP) is 4.22. The van der Waals surface area contributed by atoms with Gasteiger partial charge in [0.2, 0.25) is 5.91 Å². The van der Waals surface area contributed by atoms with E-state index in [9.17, 15) is 4.79 Å². The minimum Gasteiger partial charge on any atom is -0.497 e. The van der Waals surface area contributed by atoms with Gasteiger partial charge in [-0.2, -0.15) is 0 Å². The van der Waals surface area contributed by atoms with Gasteiger partial charge in [-0.3, -0.25) is 4.79 Å². The summed E-state index contributed by atoms with van der Waals surface area (Å²) in [5.74, 6) is 0.701. The molecule has 0 fully saturated rings. The molecule has 1 N–H and O–H groups in total. The molecule has 0 heterocycles. The normalized spacial score (nSPS) is 11.7. The first-order valence-corrected chi connectivity index (χ1v) is 7.24. The molecule has 0 radical (unpaired) electrons. The zero-order valence-corrected chi connectivity index (χ0v) is 12.5. The summed E-state index contributed by atoms with van der Waals surface area (Å²) in [6.07, 6.45) is 1.78. The van der Waals surface area contributed by atoms with Gasteiger partial charge in [0.25, 0.3) is 0 Å². The molecular formula is C18H21NO2. The number of carbonyl (C=O) groups is 1. The zero-order chi connectivity index (χ0) is 15.1. The number of para-hydroxylation sites is 1. The minimum atomic E-state index is -0.138. The molecule has 1 unspecified atom stereocenters. The van der Waals surface area contributed by atoms with E-state index in [4.69, 9.17) is 4.74 Å². The van der Waals surface area contributed by atoms with Crippen LogP contribution in [0.25, 0.3) is 0 Å². The van der Waals surface area contributed by atoms with Crippen LogP contribution < -0.4 is 10.1 Å². The first-order chi connectivity index (χ1) is 10.2. The molecule has 2 aromatic carbocycles. The maximum atomic E-state index is 12.5. The van der Waals surface area contributed by atoms with E-state index in [1.165, 1.54) is 0 Å². The molecule has 1 amide bonds. The Hall–Kier alpha value is -2.29. The molecule has 0 aliphatic carbocycles. The molecule has 0 aliphatic heterocycles. The van der Waals surface area contributed by atoms with Gasteiger partial charge in [0, 0.05) is 5.69 Å². The average Bonchev–Trinajstić information content (AvgIpc) is 2.53. The summed E-state index contributed by atoms with van der Waals surface area (Å²) in [6.45, 7) is 2.09. The molecule has 2 rings (SSSR count). The molecule has 110 valence electrons. The lowest BCUT2D eigenvalue weighted by Gasteiger charge is -2.17. The molecule has 1 atom stereocenters. The fourth-order valence-corrected chi connectivity index (χ4v) is 2.32. The highest BCUT2D eigenvalue weighted by Crippen LogP contribution is 2.25. The van der Waals surface area contributed by atoms with Crippen LogP contribution in [0.4, 0.5) is 5.69 Å². The summed E-state index contributed by atoms with van der Waals surface area (Å²) in [4.78, 5) is 12.5. The van der Waals surface area contributed by atoms with E-state index in [0.29, 0.717) is 0 Å². The molecule has 0 aromatic heterocycles. The molecule has 3 heteroatoms. The second kappa shape index (κ2) is 7.48. The maximum Gasteiger partial charge on any atom is 0.231 e. The summed E-state index contributed by atoms with van der Waals surface area (Å²) in [5, 5.41) is 2.98. The Bertz CT molecular complexity index is 564. The number of hydrogen-bond acceptors (Lipinski definition) is 2. The van der Waals surface area contributed by atoms with Gasteiger partial charge < -0.3 is 10.1 Å². The van der Waals surface area contributed by atoms with E-state index in [-0.39, 0.29) is 11.8 Å². The molecule has 2 aromatic rings. The van der Waals surface area contributed by atoms with E-state index in [1.807, 2.05) is 54.6 Å². The molecule has 0 spiro atoms. The highest BCUT2D eigenvalue weighted by atomic mass is 16.5. The zero-order valence-electron chi connectivity index (χ0n) is 12.5. The number of methoxy groups -OCH3 is 1. The molecule has 0 aliphatic rings. The number of anilines is 1. The van der Waals surface area contributed by atoms with Gasteiger partial charge in [0.1, 0.15) is 5.75 Å². The fraction of sp³-hybridized carbons (Fsp3) is 0.278. The summed E-state index contributed by atoms with van der Waals surface area (Å²) in [6, 6.07) is 17.3. The highest BCUT2D eigenvalue weighted by Gasteiger charge is 2.19. The minimum absolute atomic E-state index is 0.0354. The van der Waals surface area contributed by atoms with Crippen LogP contribution in [0.5, 0.6) is 5.75 Å². The van der Waals surface area contributed by atoms with Crippen LogP contribution in [0.15, 0.2) is 54.6 Å². The van der Waals surface area contributed by atoms with Crippen molar-refractivity contribution >= 4 is 11.6 Å². The van der Waals surface area contributed by atoms with E-state index in [1.54, 1.807) is 7.11 Å². The largest absolute Gasteiger partial charge is 0.497 e. The van der Waals surface area contributed by atoms with Crippen LogP contribution in [0.1, 0.15) is 31.2 Å². The summed E-state index contributed by atoms with van der Waals surface area (Å²) in [7, 11) is 1.64. The van der Waals surface area contributed by atoms with Crippen LogP contribution in [0, 0.1) is 0 Å². The van der Waals surface area contributed by atoms with Crippen LogP contribution in [-0.2, 0) is 4.79 Å². The van der Waals surface area contributed by atoms with Gasteiger partial charge in [-0.1, -0.05) is 43.7 Å². The van der Waals surface area contributed by atoms with Crippen molar-refractivity contribution < 1.29 is 9.53 Å². The van der Waals surface area contributed by atoms with Crippen LogP contribution in [0.2, 0.25) is 0 Å². The van der Waals surface area contributed by atoms with Gasteiger partial charge in [-0.05, 0) is 36.2 Å². The first-order valence-electron chi connectivity index (χ1n) is 7.24. The Balaban J connectivity index is 2.15. The Kier molecular flexibility index (Phi) is 5.38. The van der Waals surface area contributed by atoms with Crippen molar-refractivity contribution in [3.8, 4) is 5.75 Å². The Morgan fingerprint density at radius 3 is 2.33 bits per heavy atom. The van der Waals surface area contributed by atoms with Crippen molar-refractivity contribution in [3.05, 3.63) is 60.2 Å². The molecule has 21 heavy (non-hydrogen) atoms. The lowest BCUT2D eigenvalue weighted by molar-refractivity contribution is -0.117. The Morgan fingerprint density at radius 1 is 1.10 bits per heavy atom. The van der Waals surface area contributed by atoms with Gasteiger partial charge in [0.15, 0.2) is 0 Å². The summed E-state index contributed by atoms with van der Waals surface area (Å²) >= 11 is 0. The Labute approximate surface area is 126 Å². The molecular weight excluding hydrogens is 262 g/mol. The number of hydrogen-bond donors (Lipinski definition) is 1. The van der Waals surface area contributed by atoms with Gasteiger partial charge >= 0.3 is 0 Å². The van der Waals surface area contributed by atoms with E-state index in [0.717, 1.165) is 29.8 Å². The second-order valence-electron chi connectivity index (χ2n) is 4.97. The SMILES string of the molecule is CCCC(C(=O)Nc1ccccc1)c1ccc(OC)cc1. The second-order valence-corrected chi connectivity index (χ2v) is 4.97. The molecule has 0 saturated carbocycles. The molecule has 3 nitrogen and oxygen atoms in total. The van der Waals surface area contributed by atoms with Gasteiger partial charge in [0.05, 0.1) is 13.0 Å². The van der Waals surface area contributed by atoms with Crippen molar-refractivity contribution in [2.75, 3.05) is 12.4 Å². The third-order valence-corrected chi connectivity index (χ3v) is 3.45. The lowest BCUT2D eigenvalue weighted by Crippen LogP contribution is -2.21.